The first-order valence-electron chi connectivity index (χ1n) is 5.96. The van der Waals surface area contributed by atoms with Crippen molar-refractivity contribution < 1.29 is 9.53 Å². The van der Waals surface area contributed by atoms with Crippen LogP contribution in [-0.2, 0) is 23.1 Å². The Labute approximate surface area is 101 Å². The second-order valence-electron chi connectivity index (χ2n) is 4.59. The van der Waals surface area contributed by atoms with Gasteiger partial charge in [-0.25, -0.2) is 4.98 Å². The summed E-state index contributed by atoms with van der Waals surface area (Å²) in [6, 6.07) is 0. The molecule has 0 aromatic carbocycles. The van der Waals surface area contributed by atoms with Gasteiger partial charge in [-0.2, -0.15) is 0 Å². The maximum Gasteiger partial charge on any atom is 0.309 e. The number of rotatable bonds is 3. The van der Waals surface area contributed by atoms with E-state index < -0.39 is 0 Å². The van der Waals surface area contributed by atoms with Crippen LogP contribution in [0.4, 0.5) is 0 Å². The molecule has 0 amide bonds. The number of aryl methyl sites for hydroxylation is 1. The van der Waals surface area contributed by atoms with E-state index in [9.17, 15) is 4.79 Å². The normalized spacial score (nSPS) is 21.4. The highest BCUT2D eigenvalue weighted by molar-refractivity contribution is 5.72. The van der Waals surface area contributed by atoms with Gasteiger partial charge in [0.25, 0.3) is 0 Å². The fraction of sp³-hybridized carbons (Fsp3) is 0.667. The standard InChI is InChI=1S/C12H19N3O2/c1-14-9-13-6-11(14)8-15-5-3-4-10(7-15)12(16)17-2/h6,9-10H,3-5,7-8H2,1-2H3. The molecule has 5 heteroatoms. The summed E-state index contributed by atoms with van der Waals surface area (Å²) in [6.45, 7) is 2.68. The predicted octanol–water partition coefficient (Wildman–Crippen LogP) is 0.805. The highest BCUT2D eigenvalue weighted by Crippen LogP contribution is 2.19. The Kier molecular flexibility index (Phi) is 3.78. The molecule has 94 valence electrons. The molecule has 5 nitrogen and oxygen atoms in total. The predicted molar refractivity (Wildman–Crippen MR) is 63.2 cm³/mol. The van der Waals surface area contributed by atoms with E-state index >= 15 is 0 Å². The summed E-state index contributed by atoms with van der Waals surface area (Å²) >= 11 is 0. The molecule has 0 saturated carbocycles. The number of likely N-dealkylation sites (tertiary alicyclic amines) is 1. The molecule has 1 aliphatic rings. The van der Waals surface area contributed by atoms with Crippen LogP contribution in [0.1, 0.15) is 18.5 Å². The molecule has 0 spiro atoms. The zero-order valence-corrected chi connectivity index (χ0v) is 10.4. The first kappa shape index (κ1) is 12.1. The molecule has 2 rings (SSSR count). The Bertz CT molecular complexity index is 389. The molecule has 1 unspecified atom stereocenters. The van der Waals surface area contributed by atoms with Crippen LogP contribution in [-0.4, -0.2) is 40.6 Å². The van der Waals surface area contributed by atoms with Gasteiger partial charge in [0.1, 0.15) is 0 Å². The van der Waals surface area contributed by atoms with Gasteiger partial charge >= 0.3 is 5.97 Å². The van der Waals surface area contributed by atoms with Crippen LogP contribution >= 0.6 is 0 Å². The second kappa shape index (κ2) is 5.31. The van der Waals surface area contributed by atoms with Crippen LogP contribution in [0.5, 0.6) is 0 Å². The molecule has 1 atom stereocenters. The first-order valence-corrected chi connectivity index (χ1v) is 5.96. The number of hydrogen-bond acceptors (Lipinski definition) is 4. The number of carbonyl (C=O) groups excluding carboxylic acids is 1. The minimum Gasteiger partial charge on any atom is -0.469 e. The first-order chi connectivity index (χ1) is 8.20. The average Bonchev–Trinajstić information content (AvgIpc) is 2.74. The second-order valence-corrected chi connectivity index (χ2v) is 4.59. The summed E-state index contributed by atoms with van der Waals surface area (Å²) in [7, 11) is 3.45. The molecule has 1 saturated heterocycles. The molecule has 1 fully saturated rings. The van der Waals surface area contributed by atoms with E-state index in [1.165, 1.54) is 12.8 Å². The summed E-state index contributed by atoms with van der Waals surface area (Å²) in [4.78, 5) is 17.9. The van der Waals surface area contributed by atoms with Crippen molar-refractivity contribution in [3.8, 4) is 0 Å². The third-order valence-corrected chi connectivity index (χ3v) is 3.34. The number of aromatic nitrogens is 2. The summed E-state index contributed by atoms with van der Waals surface area (Å²) in [5.74, 6) is -0.0540. The lowest BCUT2D eigenvalue weighted by atomic mass is 9.98. The number of piperidine rings is 1. The summed E-state index contributed by atoms with van der Waals surface area (Å²) in [5, 5.41) is 0. The van der Waals surface area contributed by atoms with Gasteiger partial charge in [0.05, 0.1) is 25.0 Å². The van der Waals surface area contributed by atoms with Gasteiger partial charge in [-0.3, -0.25) is 9.69 Å². The quantitative estimate of drug-likeness (QED) is 0.730. The van der Waals surface area contributed by atoms with Crippen molar-refractivity contribution in [2.24, 2.45) is 13.0 Å². The number of hydrogen-bond donors (Lipinski definition) is 0. The zero-order valence-electron chi connectivity index (χ0n) is 10.4. The van der Waals surface area contributed by atoms with Gasteiger partial charge in [0.2, 0.25) is 0 Å². The maximum absolute atomic E-state index is 11.5. The SMILES string of the molecule is COC(=O)C1CCCN(Cc2cncn2C)C1. The van der Waals surface area contributed by atoms with Gasteiger partial charge in [0.15, 0.2) is 0 Å². The van der Waals surface area contributed by atoms with Crippen molar-refractivity contribution in [2.75, 3.05) is 20.2 Å². The Morgan fingerprint density at radius 2 is 2.47 bits per heavy atom. The lowest BCUT2D eigenvalue weighted by Gasteiger charge is -2.31. The molecule has 1 aromatic rings. The van der Waals surface area contributed by atoms with E-state index in [0.717, 1.165) is 32.5 Å². The van der Waals surface area contributed by atoms with Crippen LogP contribution in [0.25, 0.3) is 0 Å². The Morgan fingerprint density at radius 3 is 3.12 bits per heavy atom. The average molecular weight is 237 g/mol. The summed E-state index contributed by atoms with van der Waals surface area (Å²) in [5.41, 5.74) is 1.18. The number of imidazole rings is 1. The van der Waals surface area contributed by atoms with Crippen LogP contribution < -0.4 is 0 Å². The Balaban J connectivity index is 1.94. The highest BCUT2D eigenvalue weighted by atomic mass is 16.5. The van der Waals surface area contributed by atoms with Crippen molar-refractivity contribution in [2.45, 2.75) is 19.4 Å². The van der Waals surface area contributed by atoms with Gasteiger partial charge in [-0.05, 0) is 19.4 Å². The van der Waals surface area contributed by atoms with Crippen molar-refractivity contribution in [3.63, 3.8) is 0 Å². The van der Waals surface area contributed by atoms with E-state index in [2.05, 4.69) is 9.88 Å². The van der Waals surface area contributed by atoms with Crippen molar-refractivity contribution >= 4 is 5.97 Å². The Hall–Kier alpha value is -1.36. The smallest absolute Gasteiger partial charge is 0.309 e. The fourth-order valence-electron chi connectivity index (χ4n) is 2.32. The molecule has 17 heavy (non-hydrogen) atoms. The van der Waals surface area contributed by atoms with Gasteiger partial charge in [-0.15, -0.1) is 0 Å². The number of ether oxygens (including phenoxy) is 1. The minimum atomic E-state index is -0.0836. The molecule has 2 heterocycles. The third kappa shape index (κ3) is 2.85. The summed E-state index contributed by atoms with van der Waals surface area (Å²) in [6.07, 6.45) is 5.67. The number of methoxy groups -OCH3 is 1. The van der Waals surface area contributed by atoms with Crippen LogP contribution in [0.3, 0.4) is 0 Å². The molecule has 0 bridgehead atoms. The molecule has 0 radical (unpaired) electrons. The molecule has 1 aromatic heterocycles. The number of nitrogens with zero attached hydrogens (tertiary/aromatic N) is 3. The zero-order chi connectivity index (χ0) is 12.3. The van der Waals surface area contributed by atoms with E-state index in [-0.39, 0.29) is 11.9 Å². The molecule has 0 aliphatic carbocycles. The van der Waals surface area contributed by atoms with Gasteiger partial charge < -0.3 is 9.30 Å². The molecular weight excluding hydrogens is 218 g/mol. The van der Waals surface area contributed by atoms with Crippen molar-refractivity contribution in [1.82, 2.24) is 14.5 Å². The number of carbonyl (C=O) groups is 1. The topological polar surface area (TPSA) is 47.4 Å². The van der Waals surface area contributed by atoms with Crippen LogP contribution in [0.15, 0.2) is 12.5 Å². The van der Waals surface area contributed by atoms with Gasteiger partial charge in [0, 0.05) is 26.3 Å². The van der Waals surface area contributed by atoms with E-state index in [0.29, 0.717) is 0 Å². The highest BCUT2D eigenvalue weighted by Gasteiger charge is 2.26. The van der Waals surface area contributed by atoms with E-state index in [1.54, 1.807) is 6.33 Å². The summed E-state index contributed by atoms with van der Waals surface area (Å²) < 4.78 is 6.83. The molecular formula is C12H19N3O2. The lowest BCUT2D eigenvalue weighted by molar-refractivity contribution is -0.147. The third-order valence-electron chi connectivity index (χ3n) is 3.34. The fourth-order valence-corrected chi connectivity index (χ4v) is 2.32. The largest absolute Gasteiger partial charge is 0.469 e. The van der Waals surface area contributed by atoms with Crippen molar-refractivity contribution in [3.05, 3.63) is 18.2 Å². The minimum absolute atomic E-state index is 0.0296. The van der Waals surface area contributed by atoms with E-state index in [4.69, 9.17) is 4.74 Å². The number of esters is 1. The Morgan fingerprint density at radius 1 is 1.65 bits per heavy atom. The van der Waals surface area contributed by atoms with Crippen LogP contribution in [0, 0.1) is 5.92 Å². The molecule has 1 aliphatic heterocycles. The monoisotopic (exact) mass is 237 g/mol. The maximum atomic E-state index is 11.5. The molecule has 0 N–H and O–H groups in total. The van der Waals surface area contributed by atoms with E-state index in [1.807, 2.05) is 17.8 Å². The van der Waals surface area contributed by atoms with Crippen molar-refractivity contribution in [1.29, 1.82) is 0 Å². The van der Waals surface area contributed by atoms with Gasteiger partial charge in [-0.1, -0.05) is 0 Å². The lowest BCUT2D eigenvalue weighted by Crippen LogP contribution is -2.38. The van der Waals surface area contributed by atoms with Crippen LogP contribution in [0.2, 0.25) is 0 Å².